The van der Waals surface area contributed by atoms with E-state index in [1.807, 2.05) is 12.1 Å². The Bertz CT molecular complexity index is 665. The van der Waals surface area contributed by atoms with Crippen molar-refractivity contribution in [1.82, 2.24) is 0 Å². The zero-order valence-electron chi connectivity index (χ0n) is 10.2. The summed E-state index contributed by atoms with van der Waals surface area (Å²) in [6, 6.07) is 17.4. The van der Waals surface area contributed by atoms with E-state index < -0.39 is 0 Å². The molecule has 0 bridgehead atoms. The highest BCUT2D eigenvalue weighted by molar-refractivity contribution is 5.37. The summed E-state index contributed by atoms with van der Waals surface area (Å²) in [5.41, 5.74) is 2.08. The fraction of sp³-hybridized carbons (Fsp3) is 0.125. The van der Waals surface area contributed by atoms with Gasteiger partial charge in [-0.25, -0.2) is 4.39 Å². The Morgan fingerprint density at radius 1 is 1.05 bits per heavy atom. The highest BCUT2D eigenvalue weighted by Gasteiger charge is 2.12. The minimum atomic E-state index is -0.380. The summed E-state index contributed by atoms with van der Waals surface area (Å²) in [5, 5.41) is 18.1. The Morgan fingerprint density at radius 3 is 2.53 bits per heavy atom. The van der Waals surface area contributed by atoms with E-state index in [0.29, 0.717) is 12.0 Å². The predicted octanol–water partition coefficient (Wildman–Crippen LogP) is 3.55. The quantitative estimate of drug-likeness (QED) is 0.836. The molecule has 2 rings (SSSR count). The van der Waals surface area contributed by atoms with Gasteiger partial charge in [-0.15, -0.1) is 0 Å². The van der Waals surface area contributed by atoms with Gasteiger partial charge in [0.05, 0.1) is 23.6 Å². The van der Waals surface area contributed by atoms with Gasteiger partial charge >= 0.3 is 0 Å². The van der Waals surface area contributed by atoms with Gasteiger partial charge in [-0.3, -0.25) is 0 Å². The molecule has 2 aromatic carbocycles. The van der Waals surface area contributed by atoms with Crippen molar-refractivity contribution in [3.63, 3.8) is 0 Å². The average Bonchev–Trinajstić information content (AvgIpc) is 2.45. The molecule has 3 heteroatoms. The average molecular weight is 250 g/mol. The van der Waals surface area contributed by atoms with Crippen molar-refractivity contribution in [2.24, 2.45) is 0 Å². The fourth-order valence-electron chi connectivity index (χ4n) is 1.96. The molecular formula is C16H11FN2. The maximum atomic E-state index is 13.1. The molecular weight excluding hydrogens is 239 g/mol. The molecule has 0 fully saturated rings. The number of hydrogen-bond acceptors (Lipinski definition) is 2. The van der Waals surface area contributed by atoms with Crippen LogP contribution in [-0.2, 0) is 6.42 Å². The van der Waals surface area contributed by atoms with Crippen molar-refractivity contribution in [2.75, 3.05) is 0 Å². The Labute approximate surface area is 111 Å². The highest BCUT2D eigenvalue weighted by atomic mass is 19.1. The second kappa shape index (κ2) is 5.80. The van der Waals surface area contributed by atoms with Crippen LogP contribution in [-0.4, -0.2) is 0 Å². The Morgan fingerprint density at radius 2 is 1.84 bits per heavy atom. The van der Waals surface area contributed by atoms with Gasteiger partial charge in [0.25, 0.3) is 0 Å². The number of rotatable bonds is 3. The van der Waals surface area contributed by atoms with Crippen LogP contribution < -0.4 is 0 Å². The zero-order chi connectivity index (χ0) is 13.7. The predicted molar refractivity (Wildman–Crippen MR) is 69.6 cm³/mol. The highest BCUT2D eigenvalue weighted by Crippen LogP contribution is 2.21. The molecule has 2 aromatic rings. The number of halogens is 1. The van der Waals surface area contributed by atoms with Gasteiger partial charge in [-0.05, 0) is 41.8 Å². The van der Waals surface area contributed by atoms with Gasteiger partial charge < -0.3 is 0 Å². The molecule has 1 atom stereocenters. The smallest absolute Gasteiger partial charge is 0.123 e. The molecule has 0 aliphatic rings. The maximum Gasteiger partial charge on any atom is 0.123 e. The van der Waals surface area contributed by atoms with E-state index in [-0.39, 0.29) is 11.7 Å². The van der Waals surface area contributed by atoms with Crippen LogP contribution in [0.1, 0.15) is 22.6 Å². The van der Waals surface area contributed by atoms with Crippen LogP contribution >= 0.6 is 0 Å². The summed E-state index contributed by atoms with van der Waals surface area (Å²) in [5.74, 6) is -0.685. The summed E-state index contributed by atoms with van der Waals surface area (Å²) in [4.78, 5) is 0. The van der Waals surface area contributed by atoms with Gasteiger partial charge in [0, 0.05) is 0 Å². The van der Waals surface area contributed by atoms with Crippen molar-refractivity contribution in [2.45, 2.75) is 12.3 Å². The molecule has 19 heavy (non-hydrogen) atoms. The molecule has 0 heterocycles. The molecule has 0 saturated carbocycles. The lowest BCUT2D eigenvalue weighted by Crippen LogP contribution is -2.01. The number of benzene rings is 2. The second-order valence-corrected chi connectivity index (χ2v) is 4.25. The lowest BCUT2D eigenvalue weighted by molar-refractivity contribution is 0.624. The van der Waals surface area contributed by atoms with E-state index in [0.717, 1.165) is 11.1 Å². The first kappa shape index (κ1) is 12.8. The van der Waals surface area contributed by atoms with Gasteiger partial charge in [0.15, 0.2) is 0 Å². The fourth-order valence-corrected chi connectivity index (χ4v) is 1.96. The minimum absolute atomic E-state index is 0.306. The molecule has 0 spiro atoms. The van der Waals surface area contributed by atoms with E-state index in [1.54, 1.807) is 30.3 Å². The maximum absolute atomic E-state index is 13.1. The summed E-state index contributed by atoms with van der Waals surface area (Å²) in [6.07, 6.45) is 0.434. The normalized spacial score (nSPS) is 11.3. The van der Waals surface area contributed by atoms with E-state index in [4.69, 9.17) is 5.26 Å². The first-order valence-corrected chi connectivity index (χ1v) is 5.87. The Balaban J connectivity index is 2.26. The zero-order valence-corrected chi connectivity index (χ0v) is 10.2. The van der Waals surface area contributed by atoms with E-state index in [9.17, 15) is 9.65 Å². The van der Waals surface area contributed by atoms with Crippen LogP contribution in [0.3, 0.4) is 0 Å². The third-order valence-electron chi connectivity index (χ3n) is 2.90. The van der Waals surface area contributed by atoms with E-state index in [1.165, 1.54) is 12.1 Å². The summed E-state index contributed by atoms with van der Waals surface area (Å²) >= 11 is 0. The Hall–Kier alpha value is -2.65. The molecule has 0 N–H and O–H groups in total. The van der Waals surface area contributed by atoms with Crippen molar-refractivity contribution in [3.8, 4) is 12.1 Å². The van der Waals surface area contributed by atoms with E-state index >= 15 is 0 Å². The number of hydrogen-bond donors (Lipinski definition) is 0. The summed E-state index contributed by atoms with van der Waals surface area (Å²) in [6.45, 7) is 0. The van der Waals surface area contributed by atoms with Crippen LogP contribution in [0.4, 0.5) is 4.39 Å². The summed E-state index contributed by atoms with van der Waals surface area (Å²) < 4.78 is 13.1. The van der Waals surface area contributed by atoms with Gasteiger partial charge in [0.2, 0.25) is 0 Å². The standard InChI is InChI=1S/C16H11FN2/c17-16-6-2-3-12(9-16)7-15(11-19)14-5-1-4-13(8-14)10-18/h1-6,8-9,15H,7H2. The molecule has 92 valence electrons. The molecule has 0 aliphatic carbocycles. The lowest BCUT2D eigenvalue weighted by Gasteiger charge is -2.10. The first-order valence-electron chi connectivity index (χ1n) is 5.87. The monoisotopic (exact) mass is 250 g/mol. The van der Waals surface area contributed by atoms with Gasteiger partial charge in [0.1, 0.15) is 5.82 Å². The van der Waals surface area contributed by atoms with Crippen molar-refractivity contribution in [1.29, 1.82) is 10.5 Å². The SMILES string of the molecule is N#Cc1cccc(C(C#N)Cc2cccc(F)c2)c1. The largest absolute Gasteiger partial charge is 0.207 e. The van der Waals surface area contributed by atoms with Crippen molar-refractivity contribution < 1.29 is 4.39 Å². The van der Waals surface area contributed by atoms with Crippen LogP contribution in [0.5, 0.6) is 0 Å². The Kier molecular flexibility index (Phi) is 3.90. The second-order valence-electron chi connectivity index (χ2n) is 4.25. The van der Waals surface area contributed by atoms with Crippen molar-refractivity contribution in [3.05, 3.63) is 71.0 Å². The van der Waals surface area contributed by atoms with E-state index in [2.05, 4.69) is 6.07 Å². The van der Waals surface area contributed by atoms with Crippen LogP contribution in [0.25, 0.3) is 0 Å². The third-order valence-corrected chi connectivity index (χ3v) is 2.90. The van der Waals surface area contributed by atoms with Gasteiger partial charge in [-0.1, -0.05) is 24.3 Å². The summed E-state index contributed by atoms with van der Waals surface area (Å²) in [7, 11) is 0. The molecule has 0 aromatic heterocycles. The van der Waals surface area contributed by atoms with Crippen molar-refractivity contribution >= 4 is 0 Å². The van der Waals surface area contributed by atoms with Crippen LogP contribution in [0, 0.1) is 28.5 Å². The third kappa shape index (κ3) is 3.18. The number of nitrogens with zero attached hydrogens (tertiary/aromatic N) is 2. The number of nitriles is 2. The molecule has 0 aliphatic heterocycles. The van der Waals surface area contributed by atoms with Gasteiger partial charge in [-0.2, -0.15) is 10.5 Å². The first-order chi connectivity index (χ1) is 9.22. The topological polar surface area (TPSA) is 47.6 Å². The molecule has 0 radical (unpaired) electrons. The van der Waals surface area contributed by atoms with Crippen LogP contribution in [0.15, 0.2) is 48.5 Å². The minimum Gasteiger partial charge on any atom is -0.207 e. The molecule has 1 unspecified atom stereocenters. The van der Waals surface area contributed by atoms with Crippen LogP contribution in [0.2, 0.25) is 0 Å². The molecule has 0 saturated heterocycles. The lowest BCUT2D eigenvalue weighted by atomic mass is 9.92. The molecule has 0 amide bonds. The molecule has 2 nitrogen and oxygen atoms in total.